The predicted molar refractivity (Wildman–Crippen MR) is 113 cm³/mol. The lowest BCUT2D eigenvalue weighted by molar-refractivity contribution is -0.113. The molecule has 0 bridgehead atoms. The van der Waals surface area contributed by atoms with Crippen molar-refractivity contribution in [2.75, 3.05) is 29.1 Å². The van der Waals surface area contributed by atoms with Gasteiger partial charge < -0.3 is 16.0 Å². The van der Waals surface area contributed by atoms with E-state index in [4.69, 9.17) is 17.3 Å². The van der Waals surface area contributed by atoms with E-state index in [0.717, 1.165) is 38.0 Å². The smallest absolute Gasteiger partial charge is 0.248 e. The third-order valence-corrected chi connectivity index (χ3v) is 6.63. The Balaban J connectivity index is 1.83. The lowest BCUT2D eigenvalue weighted by Crippen LogP contribution is -2.31. The molecule has 7 nitrogen and oxygen atoms in total. The zero-order valence-corrected chi connectivity index (χ0v) is 17.3. The van der Waals surface area contributed by atoms with Crippen molar-refractivity contribution in [3.63, 3.8) is 0 Å². The molecule has 9 heteroatoms. The van der Waals surface area contributed by atoms with Gasteiger partial charge >= 0.3 is 0 Å². The minimum absolute atomic E-state index is 0.0131. The molecule has 1 fully saturated rings. The van der Waals surface area contributed by atoms with Crippen LogP contribution in [0.5, 0.6) is 0 Å². The van der Waals surface area contributed by atoms with Crippen LogP contribution in [0.3, 0.4) is 0 Å². The monoisotopic (exact) mass is 435 g/mol. The van der Waals surface area contributed by atoms with Gasteiger partial charge in [0.15, 0.2) is 9.84 Å². The third kappa shape index (κ3) is 5.27. The number of nitrogens with zero attached hydrogens (tertiary/aromatic N) is 1. The molecule has 29 heavy (non-hydrogen) atoms. The second-order valence-electron chi connectivity index (χ2n) is 6.91. The number of nitrogens with one attached hydrogen (secondary N) is 1. The van der Waals surface area contributed by atoms with E-state index in [-0.39, 0.29) is 10.5 Å². The molecular formula is C20H22ClN3O4S. The number of hydrogen-bond donors (Lipinski definition) is 2. The van der Waals surface area contributed by atoms with Gasteiger partial charge in [-0.25, -0.2) is 8.42 Å². The Morgan fingerprint density at radius 1 is 1.03 bits per heavy atom. The average Bonchev–Trinajstić information content (AvgIpc) is 2.68. The summed E-state index contributed by atoms with van der Waals surface area (Å²) in [5.74, 6) is -2.05. The average molecular weight is 436 g/mol. The molecule has 0 aromatic heterocycles. The Kier molecular flexibility index (Phi) is 6.44. The predicted octanol–water partition coefficient (Wildman–Crippen LogP) is 2.84. The van der Waals surface area contributed by atoms with Crippen LogP contribution in [0.15, 0.2) is 47.4 Å². The molecule has 0 spiro atoms. The molecule has 0 atom stereocenters. The zero-order chi connectivity index (χ0) is 21.0. The van der Waals surface area contributed by atoms with Crippen LogP contribution < -0.4 is 16.0 Å². The largest absolute Gasteiger partial charge is 0.370 e. The molecule has 1 heterocycles. The van der Waals surface area contributed by atoms with Crippen molar-refractivity contribution in [1.29, 1.82) is 0 Å². The van der Waals surface area contributed by atoms with E-state index in [1.807, 2.05) is 0 Å². The van der Waals surface area contributed by atoms with Crippen LogP contribution in [-0.4, -0.2) is 39.1 Å². The molecule has 154 valence electrons. The summed E-state index contributed by atoms with van der Waals surface area (Å²) in [5.41, 5.74) is 6.71. The Morgan fingerprint density at radius 2 is 1.69 bits per heavy atom. The fourth-order valence-electron chi connectivity index (χ4n) is 3.28. The molecule has 3 rings (SSSR count). The van der Waals surface area contributed by atoms with Crippen molar-refractivity contribution in [2.45, 2.75) is 24.2 Å². The molecule has 2 amide bonds. The van der Waals surface area contributed by atoms with Gasteiger partial charge in [0, 0.05) is 23.7 Å². The standard InChI is InChI=1S/C20H22ClN3O4S/c21-15-5-7-16(8-6-15)29(27,28)13-19(25)23-17-12-14(20(22)26)4-9-18(17)24-10-2-1-3-11-24/h4-9,12H,1-3,10-11,13H2,(H2,22,26)(H,23,25). The number of anilines is 2. The van der Waals surface area contributed by atoms with E-state index < -0.39 is 27.4 Å². The summed E-state index contributed by atoms with van der Waals surface area (Å²) in [4.78, 5) is 26.2. The van der Waals surface area contributed by atoms with Crippen LogP contribution in [-0.2, 0) is 14.6 Å². The number of piperidine rings is 1. The number of primary amides is 1. The lowest BCUT2D eigenvalue weighted by Gasteiger charge is -2.30. The maximum absolute atomic E-state index is 12.5. The summed E-state index contributed by atoms with van der Waals surface area (Å²) in [5, 5.41) is 3.05. The van der Waals surface area contributed by atoms with Crippen molar-refractivity contribution in [2.24, 2.45) is 5.73 Å². The van der Waals surface area contributed by atoms with E-state index in [1.54, 1.807) is 12.1 Å². The van der Waals surface area contributed by atoms with Crippen molar-refractivity contribution in [1.82, 2.24) is 0 Å². The first-order valence-electron chi connectivity index (χ1n) is 9.23. The minimum Gasteiger partial charge on any atom is -0.370 e. The molecule has 0 unspecified atom stereocenters. The SMILES string of the molecule is NC(=O)c1ccc(N2CCCCC2)c(NC(=O)CS(=O)(=O)c2ccc(Cl)cc2)c1. The van der Waals surface area contributed by atoms with Crippen LogP contribution in [0.25, 0.3) is 0 Å². The molecule has 1 aliphatic rings. The molecule has 0 radical (unpaired) electrons. The Morgan fingerprint density at radius 3 is 2.31 bits per heavy atom. The molecule has 1 aliphatic heterocycles. The number of benzene rings is 2. The Hall–Kier alpha value is -2.58. The Labute approximate surface area is 174 Å². The summed E-state index contributed by atoms with van der Waals surface area (Å²) < 4.78 is 25.0. The summed E-state index contributed by atoms with van der Waals surface area (Å²) in [6, 6.07) is 10.4. The number of carbonyl (C=O) groups is 2. The topological polar surface area (TPSA) is 110 Å². The van der Waals surface area contributed by atoms with Crippen molar-refractivity contribution < 1.29 is 18.0 Å². The number of rotatable bonds is 6. The van der Waals surface area contributed by atoms with Crippen LogP contribution >= 0.6 is 11.6 Å². The zero-order valence-electron chi connectivity index (χ0n) is 15.7. The number of sulfone groups is 1. The molecular weight excluding hydrogens is 414 g/mol. The van der Waals surface area contributed by atoms with E-state index in [2.05, 4.69) is 10.2 Å². The van der Waals surface area contributed by atoms with Gasteiger partial charge in [0.25, 0.3) is 0 Å². The van der Waals surface area contributed by atoms with Gasteiger partial charge in [-0.3, -0.25) is 9.59 Å². The van der Waals surface area contributed by atoms with Crippen molar-refractivity contribution >= 4 is 44.6 Å². The number of hydrogen-bond acceptors (Lipinski definition) is 5. The van der Waals surface area contributed by atoms with Crippen LogP contribution in [0.4, 0.5) is 11.4 Å². The quantitative estimate of drug-likeness (QED) is 0.725. The Bertz CT molecular complexity index is 1020. The van der Waals surface area contributed by atoms with Gasteiger partial charge in [-0.2, -0.15) is 0 Å². The number of amides is 2. The first-order chi connectivity index (χ1) is 13.8. The first-order valence-corrected chi connectivity index (χ1v) is 11.3. The molecule has 2 aromatic carbocycles. The van der Waals surface area contributed by atoms with Gasteiger partial charge in [-0.05, 0) is 61.7 Å². The molecule has 3 N–H and O–H groups in total. The van der Waals surface area contributed by atoms with Crippen LogP contribution in [0.1, 0.15) is 29.6 Å². The molecule has 2 aromatic rings. The molecule has 0 aliphatic carbocycles. The number of carbonyl (C=O) groups excluding carboxylic acids is 2. The molecule has 0 saturated carbocycles. The van der Waals surface area contributed by atoms with Gasteiger partial charge in [-0.1, -0.05) is 11.6 Å². The van der Waals surface area contributed by atoms with E-state index >= 15 is 0 Å². The fraction of sp³-hybridized carbons (Fsp3) is 0.300. The maximum atomic E-state index is 12.5. The van der Waals surface area contributed by atoms with Gasteiger partial charge in [0.2, 0.25) is 11.8 Å². The second kappa shape index (κ2) is 8.84. The van der Waals surface area contributed by atoms with Gasteiger partial charge in [0.05, 0.1) is 16.3 Å². The van der Waals surface area contributed by atoms with Crippen LogP contribution in [0, 0.1) is 0 Å². The second-order valence-corrected chi connectivity index (χ2v) is 9.33. The number of halogens is 1. The minimum atomic E-state index is -3.84. The summed E-state index contributed by atoms with van der Waals surface area (Å²) >= 11 is 5.79. The lowest BCUT2D eigenvalue weighted by atomic mass is 10.1. The van der Waals surface area contributed by atoms with Gasteiger partial charge in [-0.15, -0.1) is 0 Å². The summed E-state index contributed by atoms with van der Waals surface area (Å²) in [6.07, 6.45) is 3.18. The van der Waals surface area contributed by atoms with Crippen molar-refractivity contribution in [3.8, 4) is 0 Å². The third-order valence-electron chi connectivity index (χ3n) is 4.75. The highest BCUT2D eigenvalue weighted by Gasteiger charge is 2.22. The highest BCUT2D eigenvalue weighted by molar-refractivity contribution is 7.92. The van der Waals surface area contributed by atoms with E-state index in [1.165, 1.54) is 30.3 Å². The summed E-state index contributed by atoms with van der Waals surface area (Å²) in [6.45, 7) is 1.64. The molecule has 1 saturated heterocycles. The fourth-order valence-corrected chi connectivity index (χ4v) is 4.54. The number of nitrogens with two attached hydrogens (primary N) is 1. The van der Waals surface area contributed by atoms with Crippen LogP contribution in [0.2, 0.25) is 5.02 Å². The normalized spacial score (nSPS) is 14.4. The van der Waals surface area contributed by atoms with E-state index in [9.17, 15) is 18.0 Å². The highest BCUT2D eigenvalue weighted by Crippen LogP contribution is 2.30. The van der Waals surface area contributed by atoms with Gasteiger partial charge in [0.1, 0.15) is 5.75 Å². The highest BCUT2D eigenvalue weighted by atomic mass is 35.5. The van der Waals surface area contributed by atoms with Crippen molar-refractivity contribution in [3.05, 3.63) is 53.1 Å². The summed E-state index contributed by atoms with van der Waals surface area (Å²) in [7, 11) is -3.84. The first kappa shape index (κ1) is 21.1. The maximum Gasteiger partial charge on any atom is 0.248 e. The van der Waals surface area contributed by atoms with E-state index in [0.29, 0.717) is 10.7 Å².